The highest BCUT2D eigenvalue weighted by atomic mass is 32.2. The molecule has 1 N–H and O–H groups in total. The van der Waals surface area contributed by atoms with Gasteiger partial charge < -0.3 is 4.90 Å². The van der Waals surface area contributed by atoms with Crippen molar-refractivity contribution >= 4 is 17.7 Å². The molecule has 108 valence electrons. The van der Waals surface area contributed by atoms with Crippen LogP contribution in [0.15, 0.2) is 24.3 Å². The van der Waals surface area contributed by atoms with Gasteiger partial charge in [0.2, 0.25) is 5.91 Å². The van der Waals surface area contributed by atoms with Crippen molar-refractivity contribution in [3.05, 3.63) is 35.6 Å². The Balaban J connectivity index is 1.81. The Morgan fingerprint density at radius 1 is 1.55 bits per heavy atom. The molecule has 2 saturated heterocycles. The topological polar surface area (TPSA) is 32.3 Å². The quantitative estimate of drug-likeness (QED) is 0.930. The molecule has 2 aliphatic rings. The first-order valence-corrected chi connectivity index (χ1v) is 7.98. The fourth-order valence-electron chi connectivity index (χ4n) is 3.02. The van der Waals surface area contributed by atoms with Crippen molar-refractivity contribution in [3.63, 3.8) is 0 Å². The Morgan fingerprint density at radius 2 is 2.40 bits per heavy atom. The molecule has 5 heteroatoms. The summed E-state index contributed by atoms with van der Waals surface area (Å²) in [5.74, 6) is 1.01. The molecule has 2 aliphatic heterocycles. The van der Waals surface area contributed by atoms with Crippen molar-refractivity contribution < 1.29 is 9.18 Å². The van der Waals surface area contributed by atoms with Crippen molar-refractivity contribution in [2.75, 3.05) is 18.8 Å². The van der Waals surface area contributed by atoms with Crippen molar-refractivity contribution in [1.29, 1.82) is 0 Å². The fourth-order valence-corrected chi connectivity index (χ4v) is 4.32. The predicted octanol–water partition coefficient (Wildman–Crippen LogP) is 2.54. The minimum atomic E-state index is -0.259. The zero-order valence-corrected chi connectivity index (χ0v) is 12.4. The van der Waals surface area contributed by atoms with Crippen LogP contribution in [0.4, 0.5) is 4.39 Å². The minimum Gasteiger partial charge on any atom is -0.320 e. The molecule has 3 rings (SSSR count). The summed E-state index contributed by atoms with van der Waals surface area (Å²) < 4.78 is 13.5. The highest BCUT2D eigenvalue weighted by Crippen LogP contribution is 2.40. The minimum absolute atomic E-state index is 0.105. The van der Waals surface area contributed by atoms with E-state index in [1.807, 2.05) is 22.7 Å². The van der Waals surface area contributed by atoms with Gasteiger partial charge in [-0.1, -0.05) is 12.1 Å². The van der Waals surface area contributed by atoms with E-state index in [1.54, 1.807) is 6.07 Å². The summed E-state index contributed by atoms with van der Waals surface area (Å²) in [7, 11) is 0. The first-order valence-electron chi connectivity index (χ1n) is 7.00. The van der Waals surface area contributed by atoms with Gasteiger partial charge in [0.05, 0.1) is 6.54 Å². The zero-order chi connectivity index (χ0) is 14.2. The molecule has 2 atom stereocenters. The van der Waals surface area contributed by atoms with E-state index >= 15 is 0 Å². The number of hydrogen-bond donors (Lipinski definition) is 1. The van der Waals surface area contributed by atoms with Crippen LogP contribution < -0.4 is 5.32 Å². The molecule has 3 nitrogen and oxygen atoms in total. The molecule has 0 aliphatic carbocycles. The van der Waals surface area contributed by atoms with E-state index in [9.17, 15) is 9.18 Å². The second-order valence-electron chi connectivity index (χ2n) is 5.76. The normalized spacial score (nSPS) is 30.2. The van der Waals surface area contributed by atoms with Crippen LogP contribution in [-0.4, -0.2) is 34.4 Å². The van der Waals surface area contributed by atoms with E-state index in [-0.39, 0.29) is 22.6 Å². The predicted molar refractivity (Wildman–Crippen MR) is 79.0 cm³/mol. The average molecular weight is 294 g/mol. The van der Waals surface area contributed by atoms with Gasteiger partial charge in [-0.25, -0.2) is 4.39 Å². The van der Waals surface area contributed by atoms with E-state index in [4.69, 9.17) is 0 Å². The number of halogens is 1. The van der Waals surface area contributed by atoms with Crippen LogP contribution >= 0.6 is 11.8 Å². The summed E-state index contributed by atoms with van der Waals surface area (Å²) in [6.07, 6.45) is 2.15. The number of thioether (sulfide) groups is 1. The van der Waals surface area contributed by atoms with Gasteiger partial charge in [-0.3, -0.25) is 10.1 Å². The Morgan fingerprint density at radius 3 is 3.10 bits per heavy atom. The SMILES string of the molecule is CC1(CN2C(=O)CNC2c2cccc(F)c2)CCCS1. The van der Waals surface area contributed by atoms with Crippen molar-refractivity contribution in [3.8, 4) is 0 Å². The number of nitrogens with one attached hydrogen (secondary N) is 1. The number of nitrogens with zero attached hydrogens (tertiary/aromatic N) is 1. The maximum Gasteiger partial charge on any atom is 0.238 e. The van der Waals surface area contributed by atoms with Gasteiger partial charge in [0.25, 0.3) is 0 Å². The van der Waals surface area contributed by atoms with E-state index in [2.05, 4.69) is 12.2 Å². The molecule has 0 radical (unpaired) electrons. The first kappa shape index (κ1) is 13.9. The zero-order valence-electron chi connectivity index (χ0n) is 11.6. The summed E-state index contributed by atoms with van der Waals surface area (Å²) >= 11 is 1.94. The number of amides is 1. The van der Waals surface area contributed by atoms with Gasteiger partial charge in [-0.05, 0) is 43.2 Å². The lowest BCUT2D eigenvalue weighted by Gasteiger charge is -2.33. The summed E-state index contributed by atoms with van der Waals surface area (Å²) in [5, 5.41) is 3.19. The third-order valence-electron chi connectivity index (χ3n) is 4.05. The van der Waals surface area contributed by atoms with Gasteiger partial charge in [0.1, 0.15) is 12.0 Å². The van der Waals surface area contributed by atoms with E-state index in [0.29, 0.717) is 6.54 Å². The summed E-state index contributed by atoms with van der Waals surface area (Å²) in [6.45, 7) is 3.28. The molecular formula is C15H19FN2OS. The van der Waals surface area contributed by atoms with Crippen molar-refractivity contribution in [2.24, 2.45) is 0 Å². The van der Waals surface area contributed by atoms with Crippen LogP contribution in [0.25, 0.3) is 0 Å². The van der Waals surface area contributed by atoms with Crippen LogP contribution in [0.2, 0.25) is 0 Å². The molecule has 2 heterocycles. The second kappa shape index (κ2) is 5.37. The smallest absolute Gasteiger partial charge is 0.238 e. The molecule has 1 aromatic carbocycles. The standard InChI is InChI=1S/C15H19FN2OS/c1-15(6-3-7-20-15)10-18-13(19)9-17-14(18)11-4-2-5-12(16)8-11/h2,4-5,8,14,17H,3,6-7,9-10H2,1H3. The maximum atomic E-state index is 13.4. The molecule has 2 fully saturated rings. The third-order valence-corrected chi connectivity index (χ3v) is 5.57. The fraction of sp³-hybridized carbons (Fsp3) is 0.533. The number of rotatable bonds is 3. The number of hydrogen-bond acceptors (Lipinski definition) is 3. The molecule has 0 aromatic heterocycles. The summed E-state index contributed by atoms with van der Waals surface area (Å²) in [6, 6.07) is 6.50. The molecule has 1 aromatic rings. The molecule has 0 saturated carbocycles. The van der Waals surface area contributed by atoms with E-state index in [0.717, 1.165) is 24.3 Å². The number of carbonyl (C=O) groups is 1. The van der Waals surface area contributed by atoms with Crippen molar-refractivity contribution in [2.45, 2.75) is 30.7 Å². The Bertz CT molecular complexity index is 516. The molecule has 20 heavy (non-hydrogen) atoms. The monoisotopic (exact) mass is 294 g/mol. The lowest BCUT2D eigenvalue weighted by atomic mass is 10.0. The Labute approximate surface area is 122 Å². The first-order chi connectivity index (χ1) is 9.57. The van der Waals surface area contributed by atoms with Crippen LogP contribution in [0.1, 0.15) is 31.5 Å². The molecule has 2 unspecified atom stereocenters. The van der Waals surface area contributed by atoms with Gasteiger partial charge in [-0.2, -0.15) is 11.8 Å². The number of benzene rings is 1. The lowest BCUT2D eigenvalue weighted by molar-refractivity contribution is -0.128. The van der Waals surface area contributed by atoms with Crippen molar-refractivity contribution in [1.82, 2.24) is 10.2 Å². The van der Waals surface area contributed by atoms with Crippen LogP contribution in [0.3, 0.4) is 0 Å². The lowest BCUT2D eigenvalue weighted by Crippen LogP contribution is -2.40. The molecule has 0 bridgehead atoms. The van der Waals surface area contributed by atoms with Crippen LogP contribution in [0, 0.1) is 5.82 Å². The number of carbonyl (C=O) groups excluding carboxylic acids is 1. The molecular weight excluding hydrogens is 275 g/mol. The van der Waals surface area contributed by atoms with Gasteiger partial charge in [-0.15, -0.1) is 0 Å². The maximum absolute atomic E-state index is 13.4. The van der Waals surface area contributed by atoms with E-state index in [1.165, 1.54) is 18.6 Å². The largest absolute Gasteiger partial charge is 0.320 e. The second-order valence-corrected chi connectivity index (χ2v) is 7.44. The Hall–Kier alpha value is -1.07. The highest BCUT2D eigenvalue weighted by Gasteiger charge is 2.39. The van der Waals surface area contributed by atoms with Gasteiger partial charge in [0.15, 0.2) is 0 Å². The third kappa shape index (κ3) is 2.69. The van der Waals surface area contributed by atoms with E-state index < -0.39 is 0 Å². The molecule has 0 spiro atoms. The van der Waals surface area contributed by atoms with Gasteiger partial charge in [0, 0.05) is 11.3 Å². The van der Waals surface area contributed by atoms with Crippen LogP contribution in [-0.2, 0) is 4.79 Å². The highest BCUT2D eigenvalue weighted by molar-refractivity contribution is 8.00. The summed E-state index contributed by atoms with van der Waals surface area (Å²) in [4.78, 5) is 14.0. The Kier molecular flexibility index (Phi) is 3.73. The summed E-state index contributed by atoms with van der Waals surface area (Å²) in [5.41, 5.74) is 0.822. The molecule has 1 amide bonds. The van der Waals surface area contributed by atoms with Gasteiger partial charge >= 0.3 is 0 Å². The van der Waals surface area contributed by atoms with Crippen LogP contribution in [0.5, 0.6) is 0 Å². The average Bonchev–Trinajstić information content (AvgIpc) is 2.98.